The molecule has 0 aromatic heterocycles. The van der Waals surface area contributed by atoms with Gasteiger partial charge in [-0.3, -0.25) is 4.79 Å². The van der Waals surface area contributed by atoms with E-state index in [1.807, 2.05) is 12.1 Å². The van der Waals surface area contributed by atoms with Crippen LogP contribution in [0.1, 0.15) is 18.4 Å². The van der Waals surface area contributed by atoms with Gasteiger partial charge in [0.25, 0.3) is 0 Å². The minimum Gasteiger partial charge on any atom is -0.399 e. The van der Waals surface area contributed by atoms with Crippen LogP contribution in [0.4, 0.5) is 5.69 Å². The van der Waals surface area contributed by atoms with E-state index in [-0.39, 0.29) is 18.2 Å². The highest BCUT2D eigenvalue weighted by atomic mass is 32.2. The smallest absolute Gasteiger partial charge is 0.230 e. The highest BCUT2D eigenvalue weighted by Gasteiger charge is 2.51. The molecule has 1 saturated carbocycles. The third kappa shape index (κ3) is 3.10. The molecule has 1 amide bonds. The first-order valence-corrected chi connectivity index (χ1v) is 8.10. The lowest BCUT2D eigenvalue weighted by atomic mass is 9.95. The van der Waals surface area contributed by atoms with Gasteiger partial charge in [0.2, 0.25) is 15.9 Å². The molecule has 0 saturated heterocycles. The van der Waals surface area contributed by atoms with Crippen molar-refractivity contribution in [3.05, 3.63) is 29.8 Å². The normalized spacial score (nSPS) is 16.6. The molecule has 0 radical (unpaired) electrons. The van der Waals surface area contributed by atoms with Crippen molar-refractivity contribution in [2.75, 3.05) is 25.1 Å². The van der Waals surface area contributed by atoms with Crippen LogP contribution in [0.25, 0.3) is 0 Å². The molecule has 0 heterocycles. The topological polar surface area (TPSA) is 101 Å². The van der Waals surface area contributed by atoms with Crippen molar-refractivity contribution in [1.29, 1.82) is 0 Å². The van der Waals surface area contributed by atoms with Gasteiger partial charge in [0.1, 0.15) is 0 Å². The number of amides is 1. The molecule has 1 aromatic rings. The number of rotatable bonds is 6. The minimum absolute atomic E-state index is 0.110. The SMILES string of the molecule is CNS(=O)(=O)CCNC(=O)C1(c2ccc(N)cc2)CC1. The van der Waals surface area contributed by atoms with Crippen molar-refractivity contribution >= 4 is 21.6 Å². The molecule has 7 heteroatoms. The van der Waals surface area contributed by atoms with Gasteiger partial charge in [-0.1, -0.05) is 12.1 Å². The number of nitrogen functional groups attached to an aromatic ring is 1. The fourth-order valence-corrected chi connectivity index (χ4v) is 2.72. The maximum Gasteiger partial charge on any atom is 0.230 e. The zero-order valence-electron chi connectivity index (χ0n) is 11.3. The second-order valence-corrected chi connectivity index (χ2v) is 7.03. The van der Waals surface area contributed by atoms with Crippen molar-refractivity contribution in [2.24, 2.45) is 0 Å². The zero-order chi connectivity index (χ0) is 14.8. The summed E-state index contributed by atoms with van der Waals surface area (Å²) in [5, 5.41) is 2.70. The number of hydrogen-bond acceptors (Lipinski definition) is 4. The molecule has 1 aliphatic carbocycles. The van der Waals surface area contributed by atoms with E-state index < -0.39 is 15.4 Å². The molecule has 0 bridgehead atoms. The molecule has 1 fully saturated rings. The van der Waals surface area contributed by atoms with Crippen LogP contribution in [0.5, 0.6) is 0 Å². The van der Waals surface area contributed by atoms with Gasteiger partial charge in [0, 0.05) is 12.2 Å². The van der Waals surface area contributed by atoms with E-state index in [4.69, 9.17) is 5.73 Å². The number of carbonyl (C=O) groups excluding carboxylic acids is 1. The molecule has 6 nitrogen and oxygen atoms in total. The van der Waals surface area contributed by atoms with Gasteiger partial charge in [-0.25, -0.2) is 13.1 Å². The Kier molecular flexibility index (Phi) is 4.01. The van der Waals surface area contributed by atoms with E-state index in [9.17, 15) is 13.2 Å². The van der Waals surface area contributed by atoms with Crippen LogP contribution >= 0.6 is 0 Å². The van der Waals surface area contributed by atoms with E-state index in [0.717, 1.165) is 18.4 Å². The first kappa shape index (κ1) is 14.8. The van der Waals surface area contributed by atoms with Crippen molar-refractivity contribution in [3.8, 4) is 0 Å². The number of nitrogens with two attached hydrogens (primary N) is 1. The van der Waals surface area contributed by atoms with Gasteiger partial charge in [0.15, 0.2) is 0 Å². The van der Waals surface area contributed by atoms with Crippen molar-refractivity contribution < 1.29 is 13.2 Å². The summed E-state index contributed by atoms with van der Waals surface area (Å²) in [5.74, 6) is -0.235. The zero-order valence-corrected chi connectivity index (χ0v) is 12.2. The predicted octanol–water partition coefficient (Wildman–Crippen LogP) is -0.0342. The Bertz CT molecular complexity index is 592. The fourth-order valence-electron chi connectivity index (χ4n) is 2.14. The molecular formula is C13H19N3O3S. The summed E-state index contributed by atoms with van der Waals surface area (Å²) in [4.78, 5) is 12.2. The monoisotopic (exact) mass is 297 g/mol. The largest absolute Gasteiger partial charge is 0.399 e. The Morgan fingerprint density at radius 1 is 1.30 bits per heavy atom. The van der Waals surface area contributed by atoms with Gasteiger partial charge < -0.3 is 11.1 Å². The minimum atomic E-state index is -3.29. The van der Waals surface area contributed by atoms with Crippen LogP contribution in [0.15, 0.2) is 24.3 Å². The van der Waals surface area contributed by atoms with Crippen LogP contribution in [0.2, 0.25) is 0 Å². The molecule has 0 aliphatic heterocycles. The Balaban J connectivity index is 1.97. The Morgan fingerprint density at radius 2 is 1.90 bits per heavy atom. The predicted molar refractivity (Wildman–Crippen MR) is 77.6 cm³/mol. The van der Waals surface area contributed by atoms with Gasteiger partial charge in [0.05, 0.1) is 11.2 Å². The third-order valence-electron chi connectivity index (χ3n) is 3.62. The quantitative estimate of drug-likeness (QED) is 0.642. The van der Waals surface area contributed by atoms with E-state index in [2.05, 4.69) is 10.0 Å². The lowest BCUT2D eigenvalue weighted by molar-refractivity contribution is -0.123. The summed E-state index contributed by atoms with van der Waals surface area (Å²) in [7, 11) is -1.94. The summed E-state index contributed by atoms with van der Waals surface area (Å²) in [6.45, 7) is 0.110. The van der Waals surface area contributed by atoms with Gasteiger partial charge >= 0.3 is 0 Å². The summed E-state index contributed by atoms with van der Waals surface area (Å²) < 4.78 is 24.8. The van der Waals surface area contributed by atoms with E-state index in [0.29, 0.717) is 5.69 Å². The Hall–Kier alpha value is -1.60. The number of benzene rings is 1. The van der Waals surface area contributed by atoms with Gasteiger partial charge in [-0.2, -0.15) is 0 Å². The average Bonchev–Trinajstić information content (AvgIpc) is 3.21. The van der Waals surface area contributed by atoms with E-state index in [1.54, 1.807) is 12.1 Å². The molecular weight excluding hydrogens is 278 g/mol. The van der Waals surface area contributed by atoms with Crippen molar-refractivity contribution in [3.63, 3.8) is 0 Å². The van der Waals surface area contributed by atoms with Crippen LogP contribution in [-0.2, 0) is 20.2 Å². The van der Waals surface area contributed by atoms with Crippen LogP contribution in [0, 0.1) is 0 Å². The van der Waals surface area contributed by atoms with E-state index in [1.165, 1.54) is 7.05 Å². The first-order chi connectivity index (χ1) is 9.39. The summed E-state index contributed by atoms with van der Waals surface area (Å²) in [6.07, 6.45) is 1.56. The standard InChI is InChI=1S/C13H19N3O3S/c1-15-20(18,19)9-8-16-12(17)13(6-7-13)10-2-4-11(14)5-3-10/h2-5,15H,6-9,14H2,1H3,(H,16,17). The number of carbonyl (C=O) groups is 1. The molecule has 4 N–H and O–H groups in total. The average molecular weight is 297 g/mol. The molecule has 110 valence electrons. The number of hydrogen-bond donors (Lipinski definition) is 3. The van der Waals surface area contributed by atoms with Crippen LogP contribution in [0.3, 0.4) is 0 Å². The maximum absolute atomic E-state index is 12.2. The lowest BCUT2D eigenvalue weighted by Crippen LogP contribution is -2.38. The molecule has 0 atom stereocenters. The van der Waals surface area contributed by atoms with Crippen LogP contribution in [-0.4, -0.2) is 33.7 Å². The van der Waals surface area contributed by atoms with E-state index >= 15 is 0 Å². The molecule has 1 aliphatic rings. The maximum atomic E-state index is 12.2. The van der Waals surface area contributed by atoms with Crippen LogP contribution < -0.4 is 15.8 Å². The summed E-state index contributed by atoms with van der Waals surface area (Å²) >= 11 is 0. The summed E-state index contributed by atoms with van der Waals surface area (Å²) in [5.41, 5.74) is 6.72. The molecule has 0 spiro atoms. The van der Waals surface area contributed by atoms with Gasteiger partial charge in [-0.15, -0.1) is 0 Å². The number of nitrogens with one attached hydrogen (secondary N) is 2. The Morgan fingerprint density at radius 3 is 2.40 bits per heavy atom. The number of anilines is 1. The first-order valence-electron chi connectivity index (χ1n) is 6.45. The fraction of sp³-hybridized carbons (Fsp3) is 0.462. The van der Waals surface area contributed by atoms with Gasteiger partial charge in [-0.05, 0) is 37.6 Å². The molecule has 2 rings (SSSR count). The lowest BCUT2D eigenvalue weighted by Gasteiger charge is -2.16. The highest BCUT2D eigenvalue weighted by Crippen LogP contribution is 2.48. The molecule has 0 unspecified atom stereocenters. The third-order valence-corrected chi connectivity index (χ3v) is 4.98. The number of sulfonamides is 1. The molecule has 20 heavy (non-hydrogen) atoms. The molecule has 1 aromatic carbocycles. The summed E-state index contributed by atoms with van der Waals surface area (Å²) in [6, 6.07) is 7.25. The Labute approximate surface area is 118 Å². The van der Waals surface area contributed by atoms with Crippen molar-refractivity contribution in [1.82, 2.24) is 10.0 Å². The highest BCUT2D eigenvalue weighted by molar-refractivity contribution is 7.89. The second-order valence-electron chi connectivity index (χ2n) is 4.98. The second kappa shape index (κ2) is 5.41. The van der Waals surface area contributed by atoms with Crippen molar-refractivity contribution in [2.45, 2.75) is 18.3 Å².